The molecule has 1 aromatic heterocycles. The fourth-order valence-electron chi connectivity index (χ4n) is 4.78. The Labute approximate surface area is 246 Å². The minimum atomic E-state index is -1.12. The highest BCUT2D eigenvalue weighted by Crippen LogP contribution is 2.33. The van der Waals surface area contributed by atoms with Crippen LogP contribution in [-0.2, 0) is 35.2 Å². The number of carboxylic acids is 1. The van der Waals surface area contributed by atoms with Crippen LogP contribution < -0.4 is 9.47 Å². The number of unbranched alkanes of at least 4 members (excludes halogenated alkanes) is 1. The molecule has 0 bridgehead atoms. The predicted octanol–water partition coefficient (Wildman–Crippen LogP) is 7.17. The molecule has 7 heteroatoms. The lowest BCUT2D eigenvalue weighted by atomic mass is 9.93. The van der Waals surface area contributed by atoms with E-state index in [4.69, 9.17) is 19.2 Å². The predicted molar refractivity (Wildman–Crippen MR) is 165 cm³/mol. The van der Waals surface area contributed by atoms with Crippen molar-refractivity contribution in [3.8, 4) is 11.6 Å². The van der Waals surface area contributed by atoms with Crippen molar-refractivity contribution >= 4 is 5.97 Å². The molecule has 1 N–H and O–H groups in total. The zero-order valence-electron chi connectivity index (χ0n) is 25.8. The maximum absolute atomic E-state index is 12.3. The number of aromatic nitrogens is 2. The summed E-state index contributed by atoms with van der Waals surface area (Å²) in [7, 11) is 1.65. The first-order chi connectivity index (χ1) is 19.8. The third-order valence-corrected chi connectivity index (χ3v) is 6.70. The normalized spacial score (nSPS) is 12.5. The lowest BCUT2D eigenvalue weighted by Crippen LogP contribution is -2.29. The molecular weight excluding hydrogens is 516 g/mol. The summed E-state index contributed by atoms with van der Waals surface area (Å²) < 4.78 is 17.7. The van der Waals surface area contributed by atoms with Gasteiger partial charge in [0.25, 0.3) is 0 Å². The average Bonchev–Trinajstić information content (AvgIpc) is 2.94. The molecule has 41 heavy (non-hydrogen) atoms. The first-order valence-corrected chi connectivity index (χ1v) is 14.8. The minimum Gasteiger partial charge on any atom is -0.478 e. The second-order valence-electron chi connectivity index (χ2n) is 10.1. The molecule has 0 aliphatic carbocycles. The summed E-state index contributed by atoms with van der Waals surface area (Å²) >= 11 is 0. The van der Waals surface area contributed by atoms with Crippen LogP contribution in [0, 0.1) is 6.92 Å². The Morgan fingerprint density at radius 1 is 1.05 bits per heavy atom. The Balaban J connectivity index is 2.64. The van der Waals surface area contributed by atoms with E-state index in [0.717, 1.165) is 72.9 Å². The molecule has 0 aliphatic rings. The van der Waals surface area contributed by atoms with Crippen LogP contribution in [0.3, 0.4) is 0 Å². The lowest BCUT2D eigenvalue weighted by Gasteiger charge is -2.23. The smallest absolute Gasteiger partial charge is 0.349 e. The number of methoxy groups -OCH3 is 1. The molecule has 2 rings (SSSR count). The van der Waals surface area contributed by atoms with Crippen molar-refractivity contribution in [3.63, 3.8) is 0 Å². The molecule has 2 aromatic rings. The van der Waals surface area contributed by atoms with Gasteiger partial charge in [-0.1, -0.05) is 83.0 Å². The van der Waals surface area contributed by atoms with E-state index >= 15 is 0 Å². The molecule has 0 fully saturated rings. The largest absolute Gasteiger partial charge is 0.478 e. The van der Waals surface area contributed by atoms with E-state index in [2.05, 4.69) is 44.5 Å². The van der Waals surface area contributed by atoms with E-state index < -0.39 is 12.1 Å². The summed E-state index contributed by atoms with van der Waals surface area (Å²) in [5, 5.41) is 10.1. The Morgan fingerprint density at radius 3 is 2.27 bits per heavy atom. The van der Waals surface area contributed by atoms with E-state index in [1.807, 2.05) is 13.8 Å². The Kier molecular flexibility index (Phi) is 14.9. The Bertz CT molecular complexity index is 1170. The number of allylic oxidation sites excluding steroid dienone is 3. The summed E-state index contributed by atoms with van der Waals surface area (Å²) in [6, 6.07) is 4.29. The molecule has 1 heterocycles. The van der Waals surface area contributed by atoms with Crippen molar-refractivity contribution in [1.82, 2.24) is 9.97 Å². The van der Waals surface area contributed by atoms with Crippen molar-refractivity contribution in [1.29, 1.82) is 0 Å². The molecule has 0 saturated heterocycles. The number of hydrogen-bond donors (Lipinski definition) is 1. The van der Waals surface area contributed by atoms with Gasteiger partial charge >= 0.3 is 5.97 Å². The van der Waals surface area contributed by atoms with Gasteiger partial charge in [-0.2, -0.15) is 4.98 Å². The van der Waals surface area contributed by atoms with Gasteiger partial charge in [0.15, 0.2) is 0 Å². The van der Waals surface area contributed by atoms with Crippen molar-refractivity contribution in [3.05, 3.63) is 82.4 Å². The first-order valence-electron chi connectivity index (χ1n) is 14.8. The number of rotatable bonds is 19. The van der Waals surface area contributed by atoms with Crippen LogP contribution in [-0.4, -0.2) is 47.5 Å². The van der Waals surface area contributed by atoms with E-state index in [0.29, 0.717) is 42.7 Å². The van der Waals surface area contributed by atoms with E-state index in [9.17, 15) is 9.90 Å². The van der Waals surface area contributed by atoms with Gasteiger partial charge in [-0.3, -0.25) is 0 Å². The standard InChI is InChI=1S/C34H48N2O5/c1-8-13-17-26(12-5)32(34(37)38)41-31-27(15-10-3)21-25(22-28(31)16-11-4)23-29-30(18-14-9-2)35-24(6)36-33(29)40-20-19-39-7/h8,12-13,17,21-22,32H,1,9-11,14-16,18-20,23H2,2-7H3,(H,37,38)/b17-13-,26-12+. The Hall–Kier alpha value is -3.45. The van der Waals surface area contributed by atoms with Crippen LogP contribution in [0.4, 0.5) is 0 Å². The summed E-state index contributed by atoms with van der Waals surface area (Å²) in [6.45, 7) is 14.7. The van der Waals surface area contributed by atoms with Gasteiger partial charge in [-0.15, -0.1) is 0 Å². The van der Waals surface area contributed by atoms with Gasteiger partial charge in [0.2, 0.25) is 12.0 Å². The second kappa shape index (κ2) is 18.1. The molecule has 0 amide bonds. The zero-order chi connectivity index (χ0) is 30.2. The van der Waals surface area contributed by atoms with Gasteiger partial charge in [-0.05, 0) is 61.8 Å². The number of ether oxygens (including phenoxy) is 3. The first kappa shape index (κ1) is 33.8. The molecule has 1 atom stereocenters. The van der Waals surface area contributed by atoms with E-state index in [1.54, 1.807) is 31.4 Å². The minimum absolute atomic E-state index is 0.409. The number of hydrogen-bond acceptors (Lipinski definition) is 6. The highest BCUT2D eigenvalue weighted by molar-refractivity contribution is 5.78. The molecule has 0 aliphatic heterocycles. The third kappa shape index (κ3) is 10.2. The number of aryl methyl sites for hydroxylation is 4. The van der Waals surface area contributed by atoms with Crippen LogP contribution in [0.25, 0.3) is 0 Å². The second-order valence-corrected chi connectivity index (χ2v) is 10.1. The van der Waals surface area contributed by atoms with Crippen LogP contribution in [0.1, 0.15) is 87.2 Å². The highest BCUT2D eigenvalue weighted by Gasteiger charge is 2.26. The maximum Gasteiger partial charge on any atom is 0.349 e. The van der Waals surface area contributed by atoms with Gasteiger partial charge < -0.3 is 19.3 Å². The number of aliphatic carboxylic acids is 1. The van der Waals surface area contributed by atoms with Crippen molar-refractivity contribution < 1.29 is 24.1 Å². The van der Waals surface area contributed by atoms with Gasteiger partial charge in [0, 0.05) is 19.1 Å². The summed E-state index contributed by atoms with van der Waals surface area (Å²) in [4.78, 5) is 21.8. The number of carbonyl (C=O) groups is 1. The van der Waals surface area contributed by atoms with Gasteiger partial charge in [0.1, 0.15) is 18.2 Å². The topological polar surface area (TPSA) is 90.8 Å². The van der Waals surface area contributed by atoms with Gasteiger partial charge in [0.05, 0.1) is 12.3 Å². The van der Waals surface area contributed by atoms with E-state index in [1.165, 1.54) is 0 Å². The maximum atomic E-state index is 12.3. The molecule has 224 valence electrons. The number of nitrogens with zero attached hydrogens (tertiary/aromatic N) is 2. The van der Waals surface area contributed by atoms with Crippen LogP contribution >= 0.6 is 0 Å². The molecular formula is C34H48N2O5. The van der Waals surface area contributed by atoms with Crippen molar-refractivity contribution in [2.45, 2.75) is 92.1 Å². The molecule has 0 radical (unpaired) electrons. The van der Waals surface area contributed by atoms with Crippen LogP contribution in [0.15, 0.2) is 48.6 Å². The number of benzene rings is 1. The fraction of sp³-hybridized carbons (Fsp3) is 0.500. The molecule has 0 saturated carbocycles. The highest BCUT2D eigenvalue weighted by atomic mass is 16.5. The van der Waals surface area contributed by atoms with Crippen molar-refractivity contribution in [2.75, 3.05) is 20.3 Å². The Morgan fingerprint density at radius 2 is 1.73 bits per heavy atom. The third-order valence-electron chi connectivity index (χ3n) is 6.70. The quantitative estimate of drug-likeness (QED) is 0.143. The molecule has 0 spiro atoms. The summed E-state index contributed by atoms with van der Waals surface area (Å²) in [5.41, 5.74) is 5.70. The number of carboxylic acid groups (broad SMARTS) is 1. The molecule has 1 aromatic carbocycles. The van der Waals surface area contributed by atoms with Gasteiger partial charge in [-0.25, -0.2) is 9.78 Å². The molecule has 7 nitrogen and oxygen atoms in total. The SMILES string of the molecule is C=C/C=C\C(=C/C)C(Oc1c(CCC)cc(Cc2c(CCCC)nc(C)nc2OCCOC)cc1CCC)C(=O)O. The summed E-state index contributed by atoms with van der Waals surface area (Å²) in [5.74, 6) is 0.933. The average molecular weight is 565 g/mol. The lowest BCUT2D eigenvalue weighted by molar-refractivity contribution is -0.143. The van der Waals surface area contributed by atoms with Crippen LogP contribution in [0.5, 0.6) is 11.6 Å². The van der Waals surface area contributed by atoms with E-state index in [-0.39, 0.29) is 0 Å². The molecule has 1 unspecified atom stereocenters. The zero-order valence-corrected chi connectivity index (χ0v) is 25.8. The van der Waals surface area contributed by atoms with Crippen LogP contribution in [0.2, 0.25) is 0 Å². The fourth-order valence-corrected chi connectivity index (χ4v) is 4.78. The summed E-state index contributed by atoms with van der Waals surface area (Å²) in [6.07, 6.45) is 12.6. The monoisotopic (exact) mass is 564 g/mol. The van der Waals surface area contributed by atoms with Crippen molar-refractivity contribution in [2.24, 2.45) is 0 Å².